The third-order valence-electron chi connectivity index (χ3n) is 4.27. The number of anilines is 1. The molecule has 1 aromatic heterocycles. The van der Waals surface area contributed by atoms with Crippen LogP contribution in [0.1, 0.15) is 12.5 Å². The number of benzene rings is 1. The summed E-state index contributed by atoms with van der Waals surface area (Å²) in [7, 11) is 0. The summed E-state index contributed by atoms with van der Waals surface area (Å²) in [6.07, 6.45) is 1.45. The van der Waals surface area contributed by atoms with E-state index in [0.717, 1.165) is 30.2 Å². The first-order valence-electron chi connectivity index (χ1n) is 8.37. The Morgan fingerprint density at radius 1 is 1.12 bits per heavy atom. The van der Waals surface area contributed by atoms with Crippen LogP contribution in [0.3, 0.4) is 0 Å². The van der Waals surface area contributed by atoms with Crippen molar-refractivity contribution in [1.82, 2.24) is 4.90 Å². The molecule has 0 bridgehead atoms. The Labute approximate surface area is 142 Å². The fourth-order valence-electron chi connectivity index (χ4n) is 2.95. The van der Waals surface area contributed by atoms with Gasteiger partial charge in [0.05, 0.1) is 19.3 Å². The number of aromatic amines is 1. The summed E-state index contributed by atoms with van der Waals surface area (Å²) in [4.78, 5) is 20.0. The van der Waals surface area contributed by atoms with E-state index in [4.69, 9.17) is 4.74 Å². The van der Waals surface area contributed by atoms with Crippen LogP contribution in [0.15, 0.2) is 48.7 Å². The maximum Gasteiger partial charge on any atom is 0.274 e. The molecule has 0 aliphatic carbocycles. The van der Waals surface area contributed by atoms with E-state index < -0.39 is 6.10 Å². The number of aromatic nitrogens is 1. The Bertz CT molecular complexity index is 682. The summed E-state index contributed by atoms with van der Waals surface area (Å²) >= 11 is 0. The van der Waals surface area contributed by atoms with E-state index in [0.29, 0.717) is 13.1 Å². The van der Waals surface area contributed by atoms with Gasteiger partial charge in [-0.3, -0.25) is 9.69 Å². The van der Waals surface area contributed by atoms with Crippen LogP contribution < -0.4 is 14.6 Å². The Morgan fingerprint density at radius 2 is 1.92 bits per heavy atom. The van der Waals surface area contributed by atoms with E-state index in [2.05, 4.69) is 16.0 Å². The molecule has 1 N–H and O–H groups in total. The van der Waals surface area contributed by atoms with E-state index in [1.54, 1.807) is 0 Å². The Morgan fingerprint density at radius 3 is 2.58 bits per heavy atom. The SMILES string of the molecule is Cc1cccc(O[C@@H](C)C(=O)N2CCN(c3cccc[nH+]3)CC2)c1. The van der Waals surface area contributed by atoms with Crippen molar-refractivity contribution in [2.24, 2.45) is 0 Å². The predicted octanol–water partition coefficient (Wildman–Crippen LogP) is 1.93. The number of amides is 1. The monoisotopic (exact) mass is 326 g/mol. The Balaban J connectivity index is 1.55. The van der Waals surface area contributed by atoms with Crippen molar-refractivity contribution in [1.29, 1.82) is 0 Å². The van der Waals surface area contributed by atoms with Crippen LogP contribution in [0.25, 0.3) is 0 Å². The summed E-state index contributed by atoms with van der Waals surface area (Å²) in [5, 5.41) is 0. The molecule has 1 aromatic carbocycles. The molecule has 0 unspecified atom stereocenters. The quantitative estimate of drug-likeness (QED) is 0.862. The topological polar surface area (TPSA) is 46.9 Å². The number of piperazine rings is 1. The number of rotatable bonds is 4. The van der Waals surface area contributed by atoms with Crippen LogP contribution in [0.4, 0.5) is 5.82 Å². The zero-order valence-corrected chi connectivity index (χ0v) is 14.2. The maximum atomic E-state index is 12.6. The molecule has 1 aliphatic rings. The summed E-state index contributed by atoms with van der Waals surface area (Å²) in [5.41, 5.74) is 1.12. The van der Waals surface area contributed by atoms with Gasteiger partial charge in [-0.05, 0) is 37.6 Å². The van der Waals surface area contributed by atoms with Gasteiger partial charge >= 0.3 is 0 Å². The highest BCUT2D eigenvalue weighted by molar-refractivity contribution is 5.81. The van der Waals surface area contributed by atoms with Crippen LogP contribution in [-0.4, -0.2) is 43.1 Å². The van der Waals surface area contributed by atoms with E-state index in [1.165, 1.54) is 0 Å². The smallest absolute Gasteiger partial charge is 0.274 e. The largest absolute Gasteiger partial charge is 0.481 e. The highest BCUT2D eigenvalue weighted by Gasteiger charge is 2.29. The van der Waals surface area contributed by atoms with Gasteiger partial charge < -0.3 is 9.64 Å². The molecule has 0 spiro atoms. The number of carbonyl (C=O) groups is 1. The molecule has 0 saturated carbocycles. The van der Waals surface area contributed by atoms with Gasteiger partial charge in [0, 0.05) is 6.07 Å². The van der Waals surface area contributed by atoms with Crippen molar-refractivity contribution >= 4 is 11.7 Å². The minimum Gasteiger partial charge on any atom is -0.481 e. The van der Waals surface area contributed by atoms with Gasteiger partial charge in [0.15, 0.2) is 6.10 Å². The van der Waals surface area contributed by atoms with Crippen LogP contribution in [0, 0.1) is 6.92 Å². The molecule has 1 atom stereocenters. The molecule has 126 valence electrons. The summed E-state index contributed by atoms with van der Waals surface area (Å²) in [6, 6.07) is 13.8. The fraction of sp³-hybridized carbons (Fsp3) is 0.368. The third kappa shape index (κ3) is 3.85. The molecule has 2 aromatic rings. The summed E-state index contributed by atoms with van der Waals surface area (Å²) < 4.78 is 5.81. The van der Waals surface area contributed by atoms with E-state index in [9.17, 15) is 4.79 Å². The van der Waals surface area contributed by atoms with E-state index in [1.807, 2.05) is 61.3 Å². The van der Waals surface area contributed by atoms with Crippen molar-refractivity contribution in [3.63, 3.8) is 0 Å². The number of nitrogens with one attached hydrogen (secondary N) is 1. The van der Waals surface area contributed by atoms with Crippen molar-refractivity contribution in [3.8, 4) is 5.75 Å². The standard InChI is InChI=1S/C19H23N3O2/c1-15-6-5-7-17(14-15)24-16(2)19(23)22-12-10-21(11-13-22)18-8-3-4-9-20-18/h3-9,14,16H,10-13H2,1-2H3/p+1/t16-/m0/s1. The van der Waals surface area contributed by atoms with Crippen molar-refractivity contribution in [3.05, 3.63) is 54.2 Å². The van der Waals surface area contributed by atoms with Gasteiger partial charge in [-0.1, -0.05) is 18.2 Å². The molecule has 1 saturated heterocycles. The normalized spacial score (nSPS) is 15.9. The highest BCUT2D eigenvalue weighted by atomic mass is 16.5. The van der Waals surface area contributed by atoms with Crippen molar-refractivity contribution < 1.29 is 14.5 Å². The second kappa shape index (κ2) is 7.34. The second-order valence-corrected chi connectivity index (χ2v) is 6.14. The molecule has 2 heterocycles. The summed E-state index contributed by atoms with van der Waals surface area (Å²) in [6.45, 7) is 6.90. The molecule has 3 rings (SSSR count). The number of hydrogen-bond acceptors (Lipinski definition) is 3. The first-order valence-corrected chi connectivity index (χ1v) is 8.37. The molecule has 5 nitrogen and oxygen atoms in total. The van der Waals surface area contributed by atoms with E-state index in [-0.39, 0.29) is 5.91 Å². The molecule has 1 aliphatic heterocycles. The number of hydrogen-bond donors (Lipinski definition) is 0. The lowest BCUT2D eigenvalue weighted by Crippen LogP contribution is -2.52. The fourth-order valence-corrected chi connectivity index (χ4v) is 2.95. The first kappa shape index (κ1) is 16.3. The van der Waals surface area contributed by atoms with Crippen LogP contribution in [0.2, 0.25) is 0 Å². The lowest BCUT2D eigenvalue weighted by atomic mass is 10.2. The van der Waals surface area contributed by atoms with Crippen LogP contribution in [0.5, 0.6) is 5.75 Å². The van der Waals surface area contributed by atoms with Crippen molar-refractivity contribution in [2.45, 2.75) is 20.0 Å². The van der Waals surface area contributed by atoms with Crippen molar-refractivity contribution in [2.75, 3.05) is 31.1 Å². The minimum absolute atomic E-state index is 0.0493. The average Bonchev–Trinajstić information content (AvgIpc) is 2.62. The zero-order valence-electron chi connectivity index (χ0n) is 14.2. The van der Waals surface area contributed by atoms with E-state index >= 15 is 0 Å². The van der Waals surface area contributed by atoms with Gasteiger partial charge in [0.25, 0.3) is 11.7 Å². The Hall–Kier alpha value is -2.56. The number of H-pyrrole nitrogens is 1. The molecule has 24 heavy (non-hydrogen) atoms. The average molecular weight is 326 g/mol. The molecular weight excluding hydrogens is 302 g/mol. The van der Waals surface area contributed by atoms with Gasteiger partial charge in [-0.15, -0.1) is 0 Å². The molecule has 1 fully saturated rings. The molecule has 5 heteroatoms. The number of nitrogens with zero attached hydrogens (tertiary/aromatic N) is 2. The number of pyridine rings is 1. The number of carbonyl (C=O) groups excluding carboxylic acids is 1. The number of aryl methyl sites for hydroxylation is 1. The maximum absolute atomic E-state index is 12.6. The summed E-state index contributed by atoms with van der Waals surface area (Å²) in [5.74, 6) is 1.88. The minimum atomic E-state index is -0.471. The molecule has 1 amide bonds. The predicted molar refractivity (Wildman–Crippen MR) is 93.1 cm³/mol. The zero-order chi connectivity index (χ0) is 16.9. The molecule has 0 radical (unpaired) electrons. The third-order valence-corrected chi connectivity index (χ3v) is 4.27. The van der Waals surface area contributed by atoms with Gasteiger partial charge in [-0.2, -0.15) is 0 Å². The number of ether oxygens (including phenoxy) is 1. The Kier molecular flexibility index (Phi) is 4.99. The van der Waals surface area contributed by atoms with Gasteiger partial charge in [-0.25, -0.2) is 4.98 Å². The lowest BCUT2D eigenvalue weighted by molar-refractivity contribution is -0.364. The highest BCUT2D eigenvalue weighted by Crippen LogP contribution is 2.16. The van der Waals surface area contributed by atoms with Crippen LogP contribution in [-0.2, 0) is 4.79 Å². The first-order chi connectivity index (χ1) is 11.6. The van der Waals surface area contributed by atoms with Crippen LogP contribution >= 0.6 is 0 Å². The lowest BCUT2D eigenvalue weighted by Gasteiger charge is -2.32. The van der Waals surface area contributed by atoms with Gasteiger partial charge in [0.1, 0.15) is 18.8 Å². The van der Waals surface area contributed by atoms with Gasteiger partial charge in [0.2, 0.25) is 0 Å². The second-order valence-electron chi connectivity index (χ2n) is 6.14. The molecular formula is C19H24N3O2+.